The summed E-state index contributed by atoms with van der Waals surface area (Å²) in [4.78, 5) is 41.8. The van der Waals surface area contributed by atoms with Crippen molar-refractivity contribution in [2.75, 3.05) is 19.6 Å². The minimum absolute atomic E-state index is 0. The standard InChI is InChI=1S/C27H31FN4O3.ClH/c28-22-10-6-19(7-11-22)18-32-25(34)27(30-26(32)35)13-16-31(17-14-27)15-12-23(20-4-2-1-3-5-20)29-24(33)21-8-9-21;/h1-7,10-11,21,23H,8-9,12-18H2,(H,29,33)(H,30,35);1H/t23-;/m0./s1. The van der Waals surface area contributed by atoms with Crippen molar-refractivity contribution in [1.29, 1.82) is 0 Å². The minimum atomic E-state index is -0.868. The number of carbonyl (C=O) groups excluding carboxylic acids is 3. The van der Waals surface area contributed by atoms with E-state index in [1.807, 2.05) is 30.3 Å². The molecule has 1 spiro atoms. The molecule has 0 bridgehead atoms. The number of carbonyl (C=O) groups is 3. The largest absolute Gasteiger partial charge is 0.349 e. The number of nitrogens with zero attached hydrogens (tertiary/aromatic N) is 2. The summed E-state index contributed by atoms with van der Waals surface area (Å²) in [6.45, 7) is 2.31. The number of amides is 4. The van der Waals surface area contributed by atoms with Gasteiger partial charge in [-0.15, -0.1) is 12.4 Å². The summed E-state index contributed by atoms with van der Waals surface area (Å²) in [5.74, 6) is -0.260. The second kappa shape index (κ2) is 11.0. The van der Waals surface area contributed by atoms with Crippen LogP contribution in [0.1, 0.15) is 49.3 Å². The molecule has 1 atom stereocenters. The number of likely N-dealkylation sites (tertiary alicyclic amines) is 1. The Morgan fingerprint density at radius 2 is 1.72 bits per heavy atom. The van der Waals surface area contributed by atoms with E-state index in [1.165, 1.54) is 17.0 Å². The van der Waals surface area contributed by atoms with Crippen molar-refractivity contribution in [2.24, 2.45) is 5.92 Å². The van der Waals surface area contributed by atoms with E-state index >= 15 is 0 Å². The molecule has 1 saturated carbocycles. The third-order valence-corrected chi connectivity index (χ3v) is 7.41. The van der Waals surface area contributed by atoms with Gasteiger partial charge < -0.3 is 15.5 Å². The van der Waals surface area contributed by atoms with Gasteiger partial charge in [-0.25, -0.2) is 9.18 Å². The number of hydrogen-bond donors (Lipinski definition) is 2. The van der Waals surface area contributed by atoms with Crippen molar-refractivity contribution in [3.8, 4) is 0 Å². The molecule has 3 fully saturated rings. The Labute approximate surface area is 216 Å². The smallest absolute Gasteiger partial charge is 0.325 e. The number of piperidine rings is 1. The quantitative estimate of drug-likeness (QED) is 0.525. The molecule has 0 radical (unpaired) electrons. The highest BCUT2D eigenvalue weighted by molar-refractivity contribution is 6.07. The summed E-state index contributed by atoms with van der Waals surface area (Å²) < 4.78 is 13.2. The lowest BCUT2D eigenvalue weighted by Crippen LogP contribution is -2.55. The van der Waals surface area contributed by atoms with Crippen molar-refractivity contribution in [3.05, 3.63) is 71.5 Å². The molecular formula is C27H32ClFN4O3. The Kier molecular flexibility index (Phi) is 7.95. The van der Waals surface area contributed by atoms with Crippen LogP contribution in [0.25, 0.3) is 0 Å². The molecule has 3 aliphatic rings. The first kappa shape index (κ1) is 26.1. The number of halogens is 2. The van der Waals surface area contributed by atoms with Crippen LogP contribution in [-0.4, -0.2) is 52.8 Å². The van der Waals surface area contributed by atoms with E-state index in [4.69, 9.17) is 0 Å². The number of hydrogen-bond acceptors (Lipinski definition) is 4. The van der Waals surface area contributed by atoms with Crippen LogP contribution in [0, 0.1) is 11.7 Å². The van der Waals surface area contributed by atoms with Crippen LogP contribution < -0.4 is 10.6 Å². The third-order valence-electron chi connectivity index (χ3n) is 7.41. The van der Waals surface area contributed by atoms with E-state index in [1.54, 1.807) is 12.1 Å². The molecular weight excluding hydrogens is 483 g/mol. The highest BCUT2D eigenvalue weighted by atomic mass is 35.5. The first-order valence-corrected chi connectivity index (χ1v) is 12.4. The summed E-state index contributed by atoms with van der Waals surface area (Å²) in [6, 6.07) is 15.5. The second-order valence-electron chi connectivity index (χ2n) is 9.91. The van der Waals surface area contributed by atoms with Gasteiger partial charge in [0.2, 0.25) is 5.91 Å². The molecule has 2 aliphatic heterocycles. The molecule has 0 aromatic heterocycles. The molecule has 192 valence electrons. The SMILES string of the molecule is Cl.O=C(N[C@@H](CCN1CCC2(CC1)NC(=O)N(Cc1ccc(F)cc1)C2=O)c1ccccc1)C1CC1. The van der Waals surface area contributed by atoms with Gasteiger partial charge in [0.15, 0.2) is 0 Å². The van der Waals surface area contributed by atoms with Gasteiger partial charge >= 0.3 is 6.03 Å². The van der Waals surface area contributed by atoms with Crippen LogP contribution >= 0.6 is 12.4 Å². The monoisotopic (exact) mass is 514 g/mol. The van der Waals surface area contributed by atoms with Crippen LogP contribution in [0.4, 0.5) is 9.18 Å². The lowest BCUT2D eigenvalue weighted by molar-refractivity contribution is -0.133. The highest BCUT2D eigenvalue weighted by Crippen LogP contribution is 2.32. The topological polar surface area (TPSA) is 81.8 Å². The molecule has 2 aromatic carbocycles. The van der Waals surface area contributed by atoms with Crippen LogP contribution in [0.2, 0.25) is 0 Å². The normalized spacial score (nSPS) is 20.1. The predicted octanol–water partition coefficient (Wildman–Crippen LogP) is 3.79. The van der Waals surface area contributed by atoms with Crippen molar-refractivity contribution >= 4 is 30.3 Å². The van der Waals surface area contributed by atoms with E-state index in [0.29, 0.717) is 31.5 Å². The van der Waals surface area contributed by atoms with Gasteiger partial charge in [-0.3, -0.25) is 14.5 Å². The first-order chi connectivity index (χ1) is 16.9. The maximum absolute atomic E-state index is 13.2. The lowest BCUT2D eigenvalue weighted by Gasteiger charge is -2.37. The first-order valence-electron chi connectivity index (χ1n) is 12.4. The van der Waals surface area contributed by atoms with Crippen molar-refractivity contribution < 1.29 is 18.8 Å². The van der Waals surface area contributed by atoms with Gasteiger partial charge in [-0.05, 0) is 55.4 Å². The zero-order chi connectivity index (χ0) is 24.4. The maximum Gasteiger partial charge on any atom is 0.325 e. The molecule has 2 saturated heterocycles. The van der Waals surface area contributed by atoms with Crippen LogP contribution in [0.5, 0.6) is 0 Å². The fourth-order valence-electron chi connectivity index (χ4n) is 5.04. The average molecular weight is 515 g/mol. The number of urea groups is 1. The zero-order valence-electron chi connectivity index (χ0n) is 20.1. The molecule has 9 heteroatoms. The lowest BCUT2D eigenvalue weighted by atomic mass is 9.87. The number of imide groups is 1. The van der Waals surface area contributed by atoms with E-state index < -0.39 is 5.54 Å². The molecule has 2 aromatic rings. The average Bonchev–Trinajstić information content (AvgIpc) is 3.70. The Bertz CT molecular complexity index is 1090. The molecule has 36 heavy (non-hydrogen) atoms. The van der Waals surface area contributed by atoms with Crippen LogP contribution in [-0.2, 0) is 16.1 Å². The Morgan fingerprint density at radius 3 is 2.36 bits per heavy atom. The number of rotatable bonds is 8. The summed E-state index contributed by atoms with van der Waals surface area (Å²) in [5.41, 5.74) is 0.946. The molecule has 4 amide bonds. The van der Waals surface area contributed by atoms with Gasteiger partial charge in [0.1, 0.15) is 11.4 Å². The molecule has 2 N–H and O–H groups in total. The van der Waals surface area contributed by atoms with E-state index in [-0.39, 0.29) is 54.6 Å². The molecule has 0 unspecified atom stereocenters. The van der Waals surface area contributed by atoms with Gasteiger partial charge in [0.05, 0.1) is 12.6 Å². The van der Waals surface area contributed by atoms with Gasteiger partial charge in [0.25, 0.3) is 5.91 Å². The number of nitrogens with one attached hydrogen (secondary N) is 2. The third kappa shape index (κ3) is 5.71. The molecule has 1 aliphatic carbocycles. The molecule has 2 heterocycles. The molecule has 7 nitrogen and oxygen atoms in total. The summed E-state index contributed by atoms with van der Waals surface area (Å²) >= 11 is 0. The number of benzene rings is 2. The Hall–Kier alpha value is -2.97. The highest BCUT2D eigenvalue weighted by Gasteiger charge is 2.52. The van der Waals surface area contributed by atoms with Crippen LogP contribution in [0.3, 0.4) is 0 Å². The Morgan fingerprint density at radius 1 is 1.06 bits per heavy atom. The van der Waals surface area contributed by atoms with Crippen molar-refractivity contribution in [1.82, 2.24) is 20.4 Å². The van der Waals surface area contributed by atoms with Gasteiger partial charge in [0, 0.05) is 25.6 Å². The van der Waals surface area contributed by atoms with E-state index in [9.17, 15) is 18.8 Å². The maximum atomic E-state index is 13.2. The van der Waals surface area contributed by atoms with Gasteiger partial charge in [-0.2, -0.15) is 0 Å². The second-order valence-corrected chi connectivity index (χ2v) is 9.91. The predicted molar refractivity (Wildman–Crippen MR) is 136 cm³/mol. The molecule has 5 rings (SSSR count). The van der Waals surface area contributed by atoms with Gasteiger partial charge in [-0.1, -0.05) is 42.5 Å². The van der Waals surface area contributed by atoms with Crippen LogP contribution in [0.15, 0.2) is 54.6 Å². The minimum Gasteiger partial charge on any atom is -0.349 e. The van der Waals surface area contributed by atoms with Crippen molar-refractivity contribution in [3.63, 3.8) is 0 Å². The summed E-state index contributed by atoms with van der Waals surface area (Å²) in [5, 5.41) is 6.16. The fraction of sp³-hybridized carbons (Fsp3) is 0.444. The fourth-order valence-corrected chi connectivity index (χ4v) is 5.04. The zero-order valence-corrected chi connectivity index (χ0v) is 20.9. The Balaban J connectivity index is 0.00000304. The summed E-state index contributed by atoms with van der Waals surface area (Å²) in [7, 11) is 0. The van der Waals surface area contributed by atoms with E-state index in [2.05, 4.69) is 15.5 Å². The summed E-state index contributed by atoms with van der Waals surface area (Å²) in [6.07, 6.45) is 3.81. The van der Waals surface area contributed by atoms with E-state index in [0.717, 1.165) is 31.4 Å². The van der Waals surface area contributed by atoms with Crippen molar-refractivity contribution in [2.45, 2.75) is 50.2 Å².